The van der Waals surface area contributed by atoms with Crippen molar-refractivity contribution in [2.75, 3.05) is 0 Å². The molecule has 5 rings (SSSR count). The number of rotatable bonds is 7. The molecule has 0 bridgehead atoms. The smallest absolute Gasteiger partial charge is 0.271 e. The van der Waals surface area contributed by atoms with Crippen LogP contribution >= 0.6 is 0 Å². The van der Waals surface area contributed by atoms with Gasteiger partial charge >= 0.3 is 0 Å². The second kappa shape index (κ2) is 8.42. The first kappa shape index (κ1) is 20.2. The van der Waals surface area contributed by atoms with Crippen LogP contribution in [0.2, 0.25) is 0 Å². The summed E-state index contributed by atoms with van der Waals surface area (Å²) in [5, 5.41) is 8.09. The zero-order valence-electron chi connectivity index (χ0n) is 18.2. The molecule has 0 aliphatic heterocycles. The summed E-state index contributed by atoms with van der Waals surface area (Å²) in [5.41, 5.74) is 2.28. The summed E-state index contributed by atoms with van der Waals surface area (Å²) in [6, 6.07) is 18.3. The van der Waals surface area contributed by atoms with Crippen molar-refractivity contribution >= 4 is 0 Å². The van der Waals surface area contributed by atoms with Gasteiger partial charge < -0.3 is 9.47 Å². The van der Waals surface area contributed by atoms with Crippen LogP contribution in [0, 0.1) is 0 Å². The Morgan fingerprint density at radius 1 is 0.812 bits per heavy atom. The number of ether oxygens (including phenoxy) is 2. The van der Waals surface area contributed by atoms with Crippen molar-refractivity contribution in [3.8, 4) is 23.3 Å². The minimum Gasteiger partial charge on any atom is -0.490 e. The van der Waals surface area contributed by atoms with Gasteiger partial charge in [-0.2, -0.15) is 15.2 Å². The molecule has 7 heteroatoms. The molecule has 0 atom stereocenters. The van der Waals surface area contributed by atoms with E-state index in [4.69, 9.17) is 9.47 Å². The van der Waals surface area contributed by atoms with Crippen LogP contribution in [0.5, 0.6) is 17.4 Å². The Bertz CT molecular complexity index is 1170. The molecule has 1 aliphatic rings. The molecule has 1 aliphatic carbocycles. The number of hydrogen-bond donors (Lipinski definition) is 0. The van der Waals surface area contributed by atoms with E-state index in [2.05, 4.69) is 70.4 Å². The Kier molecular flexibility index (Phi) is 5.31. The van der Waals surface area contributed by atoms with E-state index in [1.54, 1.807) is 24.7 Å². The van der Waals surface area contributed by atoms with E-state index < -0.39 is 0 Å². The summed E-state index contributed by atoms with van der Waals surface area (Å²) in [4.78, 5) is 9.88. The summed E-state index contributed by atoms with van der Waals surface area (Å²) in [7, 11) is 0. The molecule has 0 radical (unpaired) electrons. The van der Waals surface area contributed by atoms with Gasteiger partial charge in [0.05, 0.1) is 18.5 Å². The Morgan fingerprint density at radius 3 is 2.03 bits per heavy atom. The Balaban J connectivity index is 1.29. The Hall–Kier alpha value is -3.74. The van der Waals surface area contributed by atoms with Gasteiger partial charge in [-0.05, 0) is 54.7 Å². The van der Waals surface area contributed by atoms with Gasteiger partial charge in [-0.1, -0.05) is 38.1 Å². The van der Waals surface area contributed by atoms with Crippen molar-refractivity contribution in [2.45, 2.75) is 44.6 Å². The standard InChI is InChI=1S/C25H25N5O2/c1-25(2,18-6-10-21(11-7-18)31-20-4-3-5-20)19-8-12-22(13-9-19)32-23-14-15-26-24(29-23)30-27-16-17-28-30/h6-17,20H,3-5H2,1-2H3. The predicted molar refractivity (Wildman–Crippen MR) is 120 cm³/mol. The van der Waals surface area contributed by atoms with E-state index in [0.717, 1.165) is 18.6 Å². The van der Waals surface area contributed by atoms with Crippen LogP contribution in [0.3, 0.4) is 0 Å². The molecule has 0 N–H and O–H groups in total. The molecule has 2 aromatic heterocycles. The number of hydrogen-bond acceptors (Lipinski definition) is 6. The predicted octanol–water partition coefficient (Wildman–Crippen LogP) is 5.11. The van der Waals surface area contributed by atoms with Crippen molar-refractivity contribution in [3.63, 3.8) is 0 Å². The quantitative estimate of drug-likeness (QED) is 0.408. The maximum Gasteiger partial charge on any atom is 0.271 e. The maximum absolute atomic E-state index is 5.99. The van der Waals surface area contributed by atoms with Gasteiger partial charge in [-0.25, -0.2) is 4.98 Å². The highest BCUT2D eigenvalue weighted by Gasteiger charge is 2.24. The zero-order chi connectivity index (χ0) is 22.0. The van der Waals surface area contributed by atoms with Crippen molar-refractivity contribution in [3.05, 3.63) is 84.3 Å². The molecule has 32 heavy (non-hydrogen) atoms. The van der Waals surface area contributed by atoms with Gasteiger partial charge in [0.2, 0.25) is 5.88 Å². The van der Waals surface area contributed by atoms with Crippen molar-refractivity contribution in [1.29, 1.82) is 0 Å². The lowest BCUT2D eigenvalue weighted by atomic mass is 9.78. The molecule has 4 aromatic rings. The molecule has 2 aromatic carbocycles. The third-order valence-electron chi connectivity index (χ3n) is 5.94. The molecule has 7 nitrogen and oxygen atoms in total. The highest BCUT2D eigenvalue weighted by molar-refractivity contribution is 5.42. The van der Waals surface area contributed by atoms with E-state index in [-0.39, 0.29) is 5.41 Å². The van der Waals surface area contributed by atoms with Crippen LogP contribution in [0.25, 0.3) is 5.95 Å². The van der Waals surface area contributed by atoms with Crippen molar-refractivity contribution < 1.29 is 9.47 Å². The third-order valence-corrected chi connectivity index (χ3v) is 5.94. The monoisotopic (exact) mass is 427 g/mol. The van der Waals surface area contributed by atoms with Crippen LogP contribution < -0.4 is 9.47 Å². The summed E-state index contributed by atoms with van der Waals surface area (Å²) in [5.74, 6) is 2.44. The van der Waals surface area contributed by atoms with Crippen LogP contribution in [0.1, 0.15) is 44.2 Å². The second-order valence-corrected chi connectivity index (χ2v) is 8.46. The lowest BCUT2D eigenvalue weighted by Crippen LogP contribution is -2.24. The largest absolute Gasteiger partial charge is 0.490 e. The maximum atomic E-state index is 5.99. The molecular formula is C25H25N5O2. The van der Waals surface area contributed by atoms with Gasteiger partial charge in [-0.15, -0.1) is 4.80 Å². The lowest BCUT2D eigenvalue weighted by molar-refractivity contribution is 0.120. The van der Waals surface area contributed by atoms with Gasteiger partial charge in [0.15, 0.2) is 0 Å². The normalized spacial score (nSPS) is 14.1. The number of nitrogens with zero attached hydrogens (tertiary/aromatic N) is 5. The summed E-state index contributed by atoms with van der Waals surface area (Å²) in [6.07, 6.45) is 8.77. The fourth-order valence-electron chi connectivity index (χ4n) is 3.66. The summed E-state index contributed by atoms with van der Waals surface area (Å²) >= 11 is 0. The first-order valence-corrected chi connectivity index (χ1v) is 10.8. The van der Waals surface area contributed by atoms with Crippen LogP contribution in [-0.4, -0.2) is 31.1 Å². The number of aromatic nitrogens is 5. The molecule has 0 spiro atoms. The average molecular weight is 428 g/mol. The van der Waals surface area contributed by atoms with E-state index in [1.807, 2.05) is 12.1 Å². The van der Waals surface area contributed by atoms with Crippen molar-refractivity contribution in [1.82, 2.24) is 25.0 Å². The second-order valence-electron chi connectivity index (χ2n) is 8.46. The van der Waals surface area contributed by atoms with Crippen LogP contribution in [0.15, 0.2) is 73.2 Å². The molecule has 162 valence electrons. The van der Waals surface area contributed by atoms with Gasteiger partial charge in [0, 0.05) is 17.7 Å². The van der Waals surface area contributed by atoms with E-state index in [9.17, 15) is 0 Å². The highest BCUT2D eigenvalue weighted by Crippen LogP contribution is 2.34. The average Bonchev–Trinajstić information content (AvgIpc) is 3.32. The van der Waals surface area contributed by atoms with Crippen LogP contribution in [0.4, 0.5) is 0 Å². The molecule has 2 heterocycles. The summed E-state index contributed by atoms with van der Waals surface area (Å²) < 4.78 is 11.9. The highest BCUT2D eigenvalue weighted by atomic mass is 16.5. The zero-order valence-corrected chi connectivity index (χ0v) is 18.2. The molecule has 0 saturated heterocycles. The van der Waals surface area contributed by atoms with Crippen LogP contribution in [-0.2, 0) is 5.41 Å². The van der Waals surface area contributed by atoms with Gasteiger partial charge in [0.1, 0.15) is 11.5 Å². The molecule has 0 unspecified atom stereocenters. The van der Waals surface area contributed by atoms with E-state index in [1.165, 1.54) is 22.3 Å². The van der Waals surface area contributed by atoms with Crippen molar-refractivity contribution in [2.24, 2.45) is 0 Å². The molecule has 1 fully saturated rings. The molecule has 0 amide bonds. The fraction of sp³-hybridized carbons (Fsp3) is 0.280. The van der Waals surface area contributed by atoms with E-state index >= 15 is 0 Å². The van der Waals surface area contributed by atoms with E-state index in [0.29, 0.717) is 23.7 Å². The third kappa shape index (κ3) is 4.19. The molecular weight excluding hydrogens is 402 g/mol. The first-order valence-electron chi connectivity index (χ1n) is 10.8. The lowest BCUT2D eigenvalue weighted by Gasteiger charge is -2.28. The Morgan fingerprint density at radius 2 is 1.44 bits per heavy atom. The van der Waals surface area contributed by atoms with Gasteiger partial charge in [-0.3, -0.25) is 0 Å². The Labute approximate surface area is 187 Å². The topological polar surface area (TPSA) is 75.0 Å². The SMILES string of the molecule is CC(C)(c1ccc(Oc2ccnc(-n3nccn3)n2)cc1)c1ccc(OC2CCC2)cc1. The number of benzene rings is 2. The fourth-order valence-corrected chi connectivity index (χ4v) is 3.66. The van der Waals surface area contributed by atoms with Gasteiger partial charge in [0.25, 0.3) is 5.95 Å². The minimum absolute atomic E-state index is 0.151. The molecule has 1 saturated carbocycles. The minimum atomic E-state index is -0.151. The summed E-state index contributed by atoms with van der Waals surface area (Å²) in [6.45, 7) is 4.44. The first-order chi connectivity index (χ1) is 15.6.